The molecule has 0 heterocycles. The van der Waals surface area contributed by atoms with Crippen molar-refractivity contribution in [2.24, 2.45) is 0 Å². The zero-order valence-corrected chi connectivity index (χ0v) is 52.5. The summed E-state index contributed by atoms with van der Waals surface area (Å²) in [7, 11) is 0. The molecule has 0 aromatic carbocycles. The molecule has 4 nitrogen and oxygen atoms in total. The van der Waals surface area contributed by atoms with Gasteiger partial charge in [-0.05, 0) is 70.6 Å². The van der Waals surface area contributed by atoms with Crippen molar-refractivity contribution in [2.45, 2.75) is 405 Å². The first-order valence-corrected chi connectivity index (χ1v) is 35.4. The SMILES string of the molecule is CCCCCCCCCC/C=C\CCCCCCCCCCCCCCCCCCCCCCCCCC(=O)NC(CO)C(O)/C=C/CC/C=C/CC/C=C/CCCCCCCCCCCCCCCCCCCCCC. The Bertz CT molecular complexity index is 1220. The highest BCUT2D eigenvalue weighted by atomic mass is 16.3. The minimum Gasteiger partial charge on any atom is -0.394 e. The Hall–Kier alpha value is -1.65. The van der Waals surface area contributed by atoms with Gasteiger partial charge < -0.3 is 15.5 Å². The maximum Gasteiger partial charge on any atom is 0.220 e. The van der Waals surface area contributed by atoms with Crippen LogP contribution < -0.4 is 5.32 Å². The molecule has 454 valence electrons. The molecule has 3 N–H and O–H groups in total. The van der Waals surface area contributed by atoms with E-state index in [-0.39, 0.29) is 12.5 Å². The fraction of sp³-hybridized carbons (Fsp3) is 0.877. The first kappa shape index (κ1) is 75.3. The zero-order chi connectivity index (χ0) is 55.5. The summed E-state index contributed by atoms with van der Waals surface area (Å²) in [5.41, 5.74) is 0. The lowest BCUT2D eigenvalue weighted by atomic mass is 10.0. The van der Waals surface area contributed by atoms with Gasteiger partial charge in [-0.3, -0.25) is 4.79 Å². The second-order valence-corrected chi connectivity index (χ2v) is 24.3. The van der Waals surface area contributed by atoms with Gasteiger partial charge in [0, 0.05) is 6.42 Å². The lowest BCUT2D eigenvalue weighted by Crippen LogP contribution is -2.45. The molecule has 2 atom stereocenters. The van der Waals surface area contributed by atoms with Gasteiger partial charge in [0.1, 0.15) is 0 Å². The largest absolute Gasteiger partial charge is 0.394 e. The number of carbonyl (C=O) groups excluding carboxylic acids is 1. The third-order valence-corrected chi connectivity index (χ3v) is 16.5. The predicted octanol–water partition coefficient (Wildman–Crippen LogP) is 24.1. The topological polar surface area (TPSA) is 69.6 Å². The Morgan fingerprint density at radius 3 is 0.753 bits per heavy atom. The number of rotatable bonds is 66. The number of carbonyl (C=O) groups is 1. The minimum absolute atomic E-state index is 0.0705. The van der Waals surface area contributed by atoms with Crippen LogP contribution in [0.4, 0.5) is 0 Å². The van der Waals surface area contributed by atoms with Crippen LogP contribution in [0.3, 0.4) is 0 Å². The number of unbranched alkanes of at least 4 members (excludes halogenated alkanes) is 53. The molecular weight excluding hydrogens is 939 g/mol. The van der Waals surface area contributed by atoms with Gasteiger partial charge in [0.05, 0.1) is 18.8 Å². The van der Waals surface area contributed by atoms with Crippen LogP contribution in [0.1, 0.15) is 393 Å². The molecule has 0 bridgehead atoms. The molecule has 1 amide bonds. The molecule has 0 fully saturated rings. The molecular formula is C73H139NO3. The summed E-state index contributed by atoms with van der Waals surface area (Å²) in [5, 5.41) is 23.3. The van der Waals surface area contributed by atoms with Gasteiger partial charge in [0.2, 0.25) is 5.91 Å². The van der Waals surface area contributed by atoms with Crippen LogP contribution in [0.5, 0.6) is 0 Å². The predicted molar refractivity (Wildman–Crippen MR) is 345 cm³/mol. The number of aliphatic hydroxyl groups excluding tert-OH is 2. The number of nitrogens with one attached hydrogen (secondary N) is 1. The van der Waals surface area contributed by atoms with Gasteiger partial charge in [0.25, 0.3) is 0 Å². The van der Waals surface area contributed by atoms with E-state index >= 15 is 0 Å². The van der Waals surface area contributed by atoms with E-state index in [0.717, 1.165) is 38.5 Å². The summed E-state index contributed by atoms with van der Waals surface area (Å²) in [4.78, 5) is 12.5. The smallest absolute Gasteiger partial charge is 0.220 e. The van der Waals surface area contributed by atoms with Crippen molar-refractivity contribution < 1.29 is 15.0 Å². The van der Waals surface area contributed by atoms with Gasteiger partial charge in [0.15, 0.2) is 0 Å². The number of allylic oxidation sites excluding steroid dienone is 7. The van der Waals surface area contributed by atoms with E-state index in [1.807, 2.05) is 6.08 Å². The maximum atomic E-state index is 12.5. The van der Waals surface area contributed by atoms with Crippen LogP contribution in [0.25, 0.3) is 0 Å². The van der Waals surface area contributed by atoms with E-state index in [1.54, 1.807) is 6.08 Å². The van der Waals surface area contributed by atoms with Crippen LogP contribution in [-0.2, 0) is 4.79 Å². The summed E-state index contributed by atoms with van der Waals surface area (Å²) in [6.07, 6.45) is 96.4. The van der Waals surface area contributed by atoms with Crippen LogP contribution in [-0.4, -0.2) is 34.9 Å². The zero-order valence-electron chi connectivity index (χ0n) is 52.5. The highest BCUT2D eigenvalue weighted by molar-refractivity contribution is 5.76. The first-order valence-electron chi connectivity index (χ1n) is 35.4. The molecule has 0 saturated heterocycles. The Morgan fingerprint density at radius 2 is 0.506 bits per heavy atom. The third-order valence-electron chi connectivity index (χ3n) is 16.5. The molecule has 77 heavy (non-hydrogen) atoms. The molecule has 0 rings (SSSR count). The minimum atomic E-state index is -0.872. The maximum absolute atomic E-state index is 12.5. The molecule has 4 heteroatoms. The second kappa shape index (κ2) is 68.6. The van der Waals surface area contributed by atoms with E-state index in [4.69, 9.17) is 0 Å². The normalized spacial score (nSPS) is 12.9. The number of aliphatic hydroxyl groups is 2. The molecule has 0 aliphatic rings. The van der Waals surface area contributed by atoms with Crippen molar-refractivity contribution in [1.82, 2.24) is 5.32 Å². The number of amides is 1. The first-order chi connectivity index (χ1) is 38.2. The lowest BCUT2D eigenvalue weighted by molar-refractivity contribution is -0.123. The molecule has 0 aromatic rings. The van der Waals surface area contributed by atoms with Crippen molar-refractivity contribution in [3.8, 4) is 0 Å². The molecule has 0 aromatic heterocycles. The van der Waals surface area contributed by atoms with Gasteiger partial charge >= 0.3 is 0 Å². The summed E-state index contributed by atoms with van der Waals surface area (Å²) < 4.78 is 0. The van der Waals surface area contributed by atoms with E-state index in [1.165, 1.54) is 334 Å². The van der Waals surface area contributed by atoms with Gasteiger partial charge in [-0.25, -0.2) is 0 Å². The average Bonchev–Trinajstić information content (AvgIpc) is 3.43. The average molecular weight is 1080 g/mol. The molecule has 0 aliphatic carbocycles. The quantitative estimate of drug-likeness (QED) is 0.0420. The summed E-state index contributed by atoms with van der Waals surface area (Å²) >= 11 is 0. The molecule has 0 saturated carbocycles. The van der Waals surface area contributed by atoms with Crippen molar-refractivity contribution >= 4 is 5.91 Å². The number of hydrogen-bond donors (Lipinski definition) is 3. The van der Waals surface area contributed by atoms with Crippen LogP contribution in [0, 0.1) is 0 Å². The third kappa shape index (κ3) is 65.0. The van der Waals surface area contributed by atoms with Crippen LogP contribution in [0.15, 0.2) is 48.6 Å². The highest BCUT2D eigenvalue weighted by Crippen LogP contribution is 2.19. The van der Waals surface area contributed by atoms with E-state index < -0.39 is 12.1 Å². The molecule has 0 spiro atoms. The van der Waals surface area contributed by atoms with Crippen molar-refractivity contribution in [3.05, 3.63) is 48.6 Å². The molecule has 2 unspecified atom stereocenters. The summed E-state index contributed by atoms with van der Waals surface area (Å²) in [5.74, 6) is -0.0705. The van der Waals surface area contributed by atoms with Gasteiger partial charge in [-0.2, -0.15) is 0 Å². The number of hydrogen-bond acceptors (Lipinski definition) is 3. The Labute approximate surface area is 484 Å². The molecule has 0 radical (unpaired) electrons. The highest BCUT2D eigenvalue weighted by Gasteiger charge is 2.18. The fourth-order valence-electron chi connectivity index (χ4n) is 11.2. The Balaban J connectivity index is 3.46. The summed E-state index contributed by atoms with van der Waals surface area (Å²) in [6.45, 7) is 4.34. The molecule has 0 aliphatic heterocycles. The van der Waals surface area contributed by atoms with E-state index in [0.29, 0.717) is 6.42 Å². The van der Waals surface area contributed by atoms with Crippen LogP contribution >= 0.6 is 0 Å². The van der Waals surface area contributed by atoms with Crippen LogP contribution in [0.2, 0.25) is 0 Å². The Kier molecular flexibility index (Phi) is 67.2. The second-order valence-electron chi connectivity index (χ2n) is 24.3. The van der Waals surface area contributed by atoms with Gasteiger partial charge in [-0.1, -0.05) is 364 Å². The lowest BCUT2D eigenvalue weighted by Gasteiger charge is -2.19. The van der Waals surface area contributed by atoms with Gasteiger partial charge in [-0.15, -0.1) is 0 Å². The van der Waals surface area contributed by atoms with E-state index in [2.05, 4.69) is 55.6 Å². The van der Waals surface area contributed by atoms with Crippen molar-refractivity contribution in [3.63, 3.8) is 0 Å². The van der Waals surface area contributed by atoms with Crippen molar-refractivity contribution in [1.29, 1.82) is 0 Å². The fourth-order valence-corrected chi connectivity index (χ4v) is 11.2. The van der Waals surface area contributed by atoms with E-state index in [9.17, 15) is 15.0 Å². The Morgan fingerprint density at radius 1 is 0.299 bits per heavy atom. The van der Waals surface area contributed by atoms with Crippen molar-refractivity contribution in [2.75, 3.05) is 6.61 Å². The summed E-state index contributed by atoms with van der Waals surface area (Å²) in [6, 6.07) is -0.647. The monoisotopic (exact) mass is 1080 g/mol. The standard InChI is InChI=1S/C73H139NO3/c1-3-5-7-9-11-13-15-17-19-21-23-25-27-29-31-33-35-36-37-38-39-41-43-45-47-49-51-53-55-57-59-61-63-65-67-69-73(77)74-71(70-75)72(76)68-66-64-62-60-58-56-54-52-50-48-46-44-42-40-34-32-30-28-26-24-22-20-18-16-14-12-10-8-6-4-2/h21,23,50,52,58,60,66,68,71-72,75-76H,3-20,22,24-49,51,53-57,59,61-65,67,69-70H2,1-2H3,(H,74,77)/b23-21-,52-50+,60-58+,68-66+.